The van der Waals surface area contributed by atoms with E-state index < -0.39 is 12.6 Å². The van der Waals surface area contributed by atoms with Crippen LogP contribution in [0.5, 0.6) is 5.75 Å². The Hall–Kier alpha value is -3.79. The minimum atomic E-state index is -0.641. The number of aliphatic hydroxyl groups is 1. The van der Waals surface area contributed by atoms with Gasteiger partial charge in [0.25, 0.3) is 0 Å². The summed E-state index contributed by atoms with van der Waals surface area (Å²) in [5.74, 6) is -0.303. The van der Waals surface area contributed by atoms with E-state index in [1.54, 1.807) is 30.3 Å². The SMILES string of the molecule is COc1cccc(C(=O)OCC(O)=C(C#N)c2nc3ccccc3[nH]2)c1. The summed E-state index contributed by atoms with van der Waals surface area (Å²) in [6, 6.07) is 15.6. The number of carbonyl (C=O) groups is 1. The quantitative estimate of drug-likeness (QED) is 0.416. The Kier molecular flexibility index (Phi) is 4.85. The molecule has 0 atom stereocenters. The molecule has 3 rings (SSSR count). The number of hydrogen-bond acceptors (Lipinski definition) is 6. The summed E-state index contributed by atoms with van der Waals surface area (Å²) in [5.41, 5.74) is 1.59. The molecule has 0 aliphatic heterocycles. The third-order valence-electron chi connectivity index (χ3n) is 3.67. The highest BCUT2D eigenvalue weighted by molar-refractivity contribution is 5.90. The molecule has 0 aliphatic rings. The molecule has 0 spiro atoms. The summed E-state index contributed by atoms with van der Waals surface area (Å²) in [7, 11) is 1.49. The number of aromatic nitrogens is 2. The number of nitrogens with one attached hydrogen (secondary N) is 1. The number of imidazole rings is 1. The van der Waals surface area contributed by atoms with Crippen molar-refractivity contribution in [3.8, 4) is 11.8 Å². The van der Waals surface area contributed by atoms with E-state index >= 15 is 0 Å². The summed E-state index contributed by atoms with van der Waals surface area (Å²) >= 11 is 0. The van der Waals surface area contributed by atoms with E-state index in [0.717, 1.165) is 5.52 Å². The first-order chi connectivity index (χ1) is 12.6. The maximum atomic E-state index is 12.1. The first kappa shape index (κ1) is 17.0. The van der Waals surface area contributed by atoms with Gasteiger partial charge in [0.15, 0.2) is 11.6 Å². The number of hydrogen-bond donors (Lipinski definition) is 2. The van der Waals surface area contributed by atoms with E-state index in [1.807, 2.05) is 18.2 Å². The molecule has 130 valence electrons. The molecule has 0 saturated carbocycles. The van der Waals surface area contributed by atoms with E-state index in [-0.39, 0.29) is 22.7 Å². The van der Waals surface area contributed by atoms with Crippen LogP contribution in [0.25, 0.3) is 16.6 Å². The van der Waals surface area contributed by atoms with Gasteiger partial charge >= 0.3 is 5.97 Å². The largest absolute Gasteiger partial charge is 0.507 e. The summed E-state index contributed by atoms with van der Waals surface area (Å²) < 4.78 is 10.1. The van der Waals surface area contributed by atoms with Crippen molar-refractivity contribution in [3.63, 3.8) is 0 Å². The summed E-state index contributed by atoms with van der Waals surface area (Å²) in [4.78, 5) is 19.3. The first-order valence-electron chi connectivity index (χ1n) is 7.71. The van der Waals surface area contributed by atoms with Crippen molar-refractivity contribution in [2.24, 2.45) is 0 Å². The van der Waals surface area contributed by atoms with Crippen LogP contribution < -0.4 is 4.74 Å². The van der Waals surface area contributed by atoms with Crippen LogP contribution in [0.15, 0.2) is 54.3 Å². The smallest absolute Gasteiger partial charge is 0.338 e. The highest BCUT2D eigenvalue weighted by atomic mass is 16.5. The molecule has 1 aromatic heterocycles. The second kappa shape index (κ2) is 7.40. The van der Waals surface area contributed by atoms with Gasteiger partial charge in [0, 0.05) is 0 Å². The van der Waals surface area contributed by atoms with Crippen molar-refractivity contribution in [2.45, 2.75) is 0 Å². The number of aliphatic hydroxyl groups excluding tert-OH is 1. The molecule has 2 N–H and O–H groups in total. The first-order valence-corrected chi connectivity index (χ1v) is 7.71. The number of allylic oxidation sites excluding steroid dienone is 1. The molecule has 3 aromatic rings. The number of methoxy groups -OCH3 is 1. The van der Waals surface area contributed by atoms with E-state index in [0.29, 0.717) is 11.3 Å². The molecule has 0 amide bonds. The van der Waals surface area contributed by atoms with Gasteiger partial charge in [-0.1, -0.05) is 18.2 Å². The standard InChI is InChI=1S/C19H15N3O4/c1-25-13-6-4-5-12(9-13)19(24)26-11-17(23)14(10-20)18-21-15-7-2-3-8-16(15)22-18/h2-9,23H,11H2,1H3,(H,21,22). The number of aromatic amines is 1. The lowest BCUT2D eigenvalue weighted by atomic mass is 10.2. The van der Waals surface area contributed by atoms with Crippen molar-refractivity contribution < 1.29 is 19.4 Å². The van der Waals surface area contributed by atoms with Gasteiger partial charge in [-0.25, -0.2) is 9.78 Å². The molecule has 7 heteroatoms. The topological polar surface area (TPSA) is 108 Å². The second-order valence-electron chi connectivity index (χ2n) is 5.34. The van der Waals surface area contributed by atoms with Crippen LogP contribution in [0.3, 0.4) is 0 Å². The highest BCUT2D eigenvalue weighted by Crippen LogP contribution is 2.19. The van der Waals surface area contributed by atoms with Crippen LogP contribution in [0.4, 0.5) is 0 Å². The number of para-hydroxylation sites is 2. The summed E-state index contributed by atoms with van der Waals surface area (Å²) in [6.07, 6.45) is 0. The minimum absolute atomic E-state index is 0.0837. The van der Waals surface area contributed by atoms with Gasteiger partial charge in [-0.05, 0) is 30.3 Å². The minimum Gasteiger partial charge on any atom is -0.507 e. The summed E-state index contributed by atoms with van der Waals surface area (Å²) in [5, 5.41) is 19.5. The van der Waals surface area contributed by atoms with Crippen LogP contribution in [0, 0.1) is 11.3 Å². The molecule has 0 bridgehead atoms. The third kappa shape index (κ3) is 3.49. The molecule has 1 heterocycles. The highest BCUT2D eigenvalue weighted by Gasteiger charge is 2.15. The van der Waals surface area contributed by atoms with Crippen LogP contribution >= 0.6 is 0 Å². The number of carbonyl (C=O) groups excluding carboxylic acids is 1. The van der Waals surface area contributed by atoms with Crippen molar-refractivity contribution in [1.29, 1.82) is 5.26 Å². The maximum absolute atomic E-state index is 12.1. The Balaban J connectivity index is 1.78. The zero-order valence-corrected chi connectivity index (χ0v) is 13.9. The molecule has 0 saturated heterocycles. The van der Waals surface area contributed by atoms with Crippen LogP contribution in [-0.4, -0.2) is 34.8 Å². The fourth-order valence-corrected chi connectivity index (χ4v) is 2.36. The average Bonchev–Trinajstić information content (AvgIpc) is 3.10. The van der Waals surface area contributed by atoms with E-state index in [1.165, 1.54) is 13.2 Å². The number of nitrogens with zero attached hydrogens (tertiary/aromatic N) is 2. The Labute approximate surface area is 149 Å². The predicted molar refractivity (Wildman–Crippen MR) is 94.5 cm³/mol. The van der Waals surface area contributed by atoms with Crippen molar-refractivity contribution >= 4 is 22.6 Å². The van der Waals surface area contributed by atoms with E-state index in [2.05, 4.69) is 9.97 Å². The molecule has 0 unspecified atom stereocenters. The third-order valence-corrected chi connectivity index (χ3v) is 3.67. The molecule has 0 radical (unpaired) electrons. The Morgan fingerprint density at radius 3 is 2.81 bits per heavy atom. The molecule has 0 aliphatic carbocycles. The molecule has 2 aromatic carbocycles. The summed E-state index contributed by atoms with van der Waals surface area (Å²) in [6.45, 7) is -0.448. The number of H-pyrrole nitrogens is 1. The fraction of sp³-hybridized carbons (Fsp3) is 0.105. The predicted octanol–water partition coefficient (Wildman–Crippen LogP) is 3.22. The molecule has 26 heavy (non-hydrogen) atoms. The maximum Gasteiger partial charge on any atom is 0.338 e. The molecular weight excluding hydrogens is 334 g/mol. The van der Waals surface area contributed by atoms with Gasteiger partial charge in [0.05, 0.1) is 23.7 Å². The monoisotopic (exact) mass is 349 g/mol. The fourth-order valence-electron chi connectivity index (χ4n) is 2.36. The number of benzene rings is 2. The normalized spacial score (nSPS) is 11.5. The number of rotatable bonds is 5. The van der Waals surface area contributed by atoms with E-state index in [4.69, 9.17) is 9.47 Å². The van der Waals surface area contributed by atoms with Crippen LogP contribution in [0.1, 0.15) is 16.2 Å². The Bertz CT molecular complexity index is 997. The Morgan fingerprint density at radius 2 is 2.08 bits per heavy atom. The van der Waals surface area contributed by atoms with Gasteiger partial charge < -0.3 is 19.6 Å². The zero-order chi connectivity index (χ0) is 18.5. The van der Waals surface area contributed by atoms with E-state index in [9.17, 15) is 15.2 Å². The Morgan fingerprint density at radius 1 is 1.27 bits per heavy atom. The van der Waals surface area contributed by atoms with Crippen LogP contribution in [-0.2, 0) is 4.74 Å². The number of esters is 1. The van der Waals surface area contributed by atoms with Gasteiger partial charge in [-0.2, -0.15) is 5.26 Å². The molecule has 0 fully saturated rings. The lowest BCUT2D eigenvalue weighted by Gasteiger charge is -2.06. The van der Waals surface area contributed by atoms with Gasteiger partial charge in [0.2, 0.25) is 0 Å². The van der Waals surface area contributed by atoms with Gasteiger partial charge in [0.1, 0.15) is 24.0 Å². The molecule has 7 nitrogen and oxygen atoms in total. The van der Waals surface area contributed by atoms with Crippen molar-refractivity contribution in [2.75, 3.05) is 13.7 Å². The van der Waals surface area contributed by atoms with Crippen molar-refractivity contribution in [3.05, 3.63) is 65.7 Å². The lowest BCUT2D eigenvalue weighted by molar-refractivity contribution is 0.0502. The van der Waals surface area contributed by atoms with Gasteiger partial charge in [-0.15, -0.1) is 0 Å². The second-order valence-corrected chi connectivity index (χ2v) is 5.34. The lowest BCUT2D eigenvalue weighted by Crippen LogP contribution is -2.09. The zero-order valence-electron chi connectivity index (χ0n) is 13.9. The average molecular weight is 349 g/mol. The number of nitriles is 1. The van der Waals surface area contributed by atoms with Crippen LogP contribution in [0.2, 0.25) is 0 Å². The van der Waals surface area contributed by atoms with Crippen molar-refractivity contribution in [1.82, 2.24) is 9.97 Å². The number of fused-ring (bicyclic) bond motifs is 1. The molecular formula is C19H15N3O4. The number of ether oxygens (including phenoxy) is 2. The van der Waals surface area contributed by atoms with Gasteiger partial charge in [-0.3, -0.25) is 0 Å².